The Labute approximate surface area is 95.6 Å². The molecule has 0 aromatic heterocycles. The van der Waals surface area contributed by atoms with E-state index in [1.54, 1.807) is 18.2 Å². The summed E-state index contributed by atoms with van der Waals surface area (Å²) in [6, 6.07) is 5.05. The van der Waals surface area contributed by atoms with E-state index in [4.69, 9.17) is 15.4 Å². The van der Waals surface area contributed by atoms with Crippen LogP contribution in [0.15, 0.2) is 22.7 Å². The molecule has 0 unspecified atom stereocenters. The number of hydrogen-bond acceptors (Lipinski definition) is 3. The molecule has 1 rings (SSSR count). The van der Waals surface area contributed by atoms with Crippen LogP contribution in [0.2, 0.25) is 0 Å². The standard InChI is InChI=1S/C8H8BrClO3S/c1-13-8-3-6(2-7(9)4-8)5-14(10,11)12/h2-4H,5H2,1H3. The zero-order chi connectivity index (χ0) is 10.8. The van der Waals surface area contributed by atoms with Gasteiger partial charge < -0.3 is 4.74 Å². The first kappa shape index (κ1) is 11.8. The minimum Gasteiger partial charge on any atom is -0.497 e. The van der Waals surface area contributed by atoms with Gasteiger partial charge in [0.15, 0.2) is 0 Å². The SMILES string of the molecule is COc1cc(Br)cc(CS(=O)(=O)Cl)c1. The number of halogens is 2. The van der Waals surface area contributed by atoms with Crippen molar-refractivity contribution in [3.63, 3.8) is 0 Å². The maximum atomic E-state index is 10.8. The summed E-state index contributed by atoms with van der Waals surface area (Å²) in [5, 5.41) is 0. The van der Waals surface area contributed by atoms with E-state index >= 15 is 0 Å². The Morgan fingerprint density at radius 2 is 2.07 bits per heavy atom. The van der Waals surface area contributed by atoms with E-state index in [1.807, 2.05) is 0 Å². The van der Waals surface area contributed by atoms with Gasteiger partial charge in [0, 0.05) is 15.2 Å². The van der Waals surface area contributed by atoms with Crippen molar-refractivity contribution in [1.82, 2.24) is 0 Å². The van der Waals surface area contributed by atoms with Gasteiger partial charge in [0.25, 0.3) is 0 Å². The molecular weight excluding hydrogens is 292 g/mol. The maximum absolute atomic E-state index is 10.8. The van der Waals surface area contributed by atoms with Crippen LogP contribution in [0.5, 0.6) is 5.75 Å². The molecule has 0 fully saturated rings. The largest absolute Gasteiger partial charge is 0.497 e. The zero-order valence-electron chi connectivity index (χ0n) is 7.33. The van der Waals surface area contributed by atoms with E-state index in [0.717, 1.165) is 4.47 Å². The highest BCUT2D eigenvalue weighted by molar-refractivity contribution is 9.10. The summed E-state index contributed by atoms with van der Waals surface area (Å²) in [6.07, 6.45) is 0. The van der Waals surface area contributed by atoms with Crippen molar-refractivity contribution >= 4 is 35.7 Å². The zero-order valence-corrected chi connectivity index (χ0v) is 10.5. The number of rotatable bonds is 3. The molecule has 0 saturated heterocycles. The molecule has 0 spiro atoms. The Bertz CT molecular complexity index is 430. The van der Waals surface area contributed by atoms with Gasteiger partial charge in [-0.15, -0.1) is 0 Å². The van der Waals surface area contributed by atoms with Gasteiger partial charge in [0.05, 0.1) is 12.9 Å². The Morgan fingerprint density at radius 3 is 2.57 bits per heavy atom. The Morgan fingerprint density at radius 1 is 1.43 bits per heavy atom. The Balaban J connectivity index is 3.04. The molecule has 3 nitrogen and oxygen atoms in total. The molecule has 0 N–H and O–H groups in total. The smallest absolute Gasteiger partial charge is 0.236 e. The molecule has 1 aromatic carbocycles. The minimum absolute atomic E-state index is 0.204. The van der Waals surface area contributed by atoms with Gasteiger partial charge >= 0.3 is 0 Å². The van der Waals surface area contributed by atoms with Gasteiger partial charge in [-0.25, -0.2) is 8.42 Å². The molecule has 0 amide bonds. The summed E-state index contributed by atoms with van der Waals surface area (Å²) in [6.45, 7) is 0. The maximum Gasteiger partial charge on any atom is 0.236 e. The van der Waals surface area contributed by atoms with E-state index in [2.05, 4.69) is 15.9 Å². The number of methoxy groups -OCH3 is 1. The van der Waals surface area contributed by atoms with Gasteiger partial charge in [-0.2, -0.15) is 0 Å². The first-order valence-electron chi connectivity index (χ1n) is 3.66. The molecule has 0 radical (unpaired) electrons. The Hall–Kier alpha value is -0.260. The average Bonchev–Trinajstić information content (AvgIpc) is 1.99. The fourth-order valence-electron chi connectivity index (χ4n) is 1.02. The average molecular weight is 300 g/mol. The van der Waals surface area contributed by atoms with E-state index in [-0.39, 0.29) is 5.75 Å². The molecular formula is C8H8BrClO3S. The van der Waals surface area contributed by atoms with Crippen LogP contribution in [0.1, 0.15) is 5.56 Å². The van der Waals surface area contributed by atoms with Crippen LogP contribution in [0.3, 0.4) is 0 Å². The number of benzene rings is 1. The molecule has 0 saturated carbocycles. The third-order valence-electron chi connectivity index (χ3n) is 1.51. The molecule has 0 atom stereocenters. The lowest BCUT2D eigenvalue weighted by molar-refractivity contribution is 0.414. The summed E-state index contributed by atoms with van der Waals surface area (Å²) in [4.78, 5) is 0. The van der Waals surface area contributed by atoms with Crippen molar-refractivity contribution in [2.45, 2.75) is 5.75 Å². The van der Waals surface area contributed by atoms with Crippen LogP contribution in [0.4, 0.5) is 0 Å². The van der Waals surface area contributed by atoms with Gasteiger partial charge in [0.2, 0.25) is 9.05 Å². The molecule has 6 heteroatoms. The van der Waals surface area contributed by atoms with Gasteiger partial charge in [-0.1, -0.05) is 15.9 Å². The highest BCUT2D eigenvalue weighted by Crippen LogP contribution is 2.23. The third-order valence-corrected chi connectivity index (χ3v) is 2.97. The van der Waals surface area contributed by atoms with E-state index in [0.29, 0.717) is 11.3 Å². The van der Waals surface area contributed by atoms with Crippen molar-refractivity contribution < 1.29 is 13.2 Å². The summed E-state index contributed by atoms with van der Waals surface area (Å²) in [7, 11) is 3.12. The normalized spacial score (nSPS) is 11.4. The van der Waals surface area contributed by atoms with Gasteiger partial charge in [-0.3, -0.25) is 0 Å². The van der Waals surface area contributed by atoms with Crippen LogP contribution < -0.4 is 4.74 Å². The fourth-order valence-corrected chi connectivity index (χ4v) is 2.48. The van der Waals surface area contributed by atoms with E-state index in [1.165, 1.54) is 7.11 Å². The lowest BCUT2D eigenvalue weighted by Crippen LogP contribution is -1.95. The van der Waals surface area contributed by atoms with Crippen LogP contribution >= 0.6 is 26.6 Å². The minimum atomic E-state index is -3.52. The lowest BCUT2D eigenvalue weighted by atomic mass is 10.2. The van der Waals surface area contributed by atoms with Crippen LogP contribution in [-0.2, 0) is 14.8 Å². The lowest BCUT2D eigenvalue weighted by Gasteiger charge is -2.04. The van der Waals surface area contributed by atoms with Crippen LogP contribution in [0.25, 0.3) is 0 Å². The first-order valence-corrected chi connectivity index (χ1v) is 6.93. The quantitative estimate of drug-likeness (QED) is 0.806. The third kappa shape index (κ3) is 3.86. The van der Waals surface area contributed by atoms with Crippen molar-refractivity contribution in [3.05, 3.63) is 28.2 Å². The molecule has 0 heterocycles. The summed E-state index contributed by atoms with van der Waals surface area (Å²) in [5.41, 5.74) is 0.589. The fraction of sp³-hybridized carbons (Fsp3) is 0.250. The Kier molecular flexibility index (Phi) is 3.80. The molecule has 0 bridgehead atoms. The van der Waals surface area contributed by atoms with Gasteiger partial charge in [-0.05, 0) is 23.8 Å². The topological polar surface area (TPSA) is 43.4 Å². The predicted molar refractivity (Wildman–Crippen MR) is 59.2 cm³/mol. The summed E-state index contributed by atoms with van der Waals surface area (Å²) >= 11 is 3.24. The monoisotopic (exact) mass is 298 g/mol. The van der Waals surface area contributed by atoms with Crippen molar-refractivity contribution in [3.8, 4) is 5.75 Å². The second kappa shape index (κ2) is 4.51. The van der Waals surface area contributed by atoms with E-state index < -0.39 is 9.05 Å². The molecule has 14 heavy (non-hydrogen) atoms. The second-order valence-corrected chi connectivity index (χ2v) is 6.38. The molecule has 0 aliphatic rings. The highest BCUT2D eigenvalue weighted by atomic mass is 79.9. The van der Waals surface area contributed by atoms with E-state index in [9.17, 15) is 8.42 Å². The molecule has 0 aliphatic heterocycles. The van der Waals surface area contributed by atoms with Crippen LogP contribution in [-0.4, -0.2) is 15.5 Å². The molecule has 78 valence electrons. The first-order chi connectivity index (χ1) is 6.40. The second-order valence-electron chi connectivity index (χ2n) is 2.68. The van der Waals surface area contributed by atoms with Crippen molar-refractivity contribution in [1.29, 1.82) is 0 Å². The summed E-state index contributed by atoms with van der Waals surface area (Å²) in [5.74, 6) is 0.388. The number of hydrogen-bond donors (Lipinski definition) is 0. The molecule has 1 aromatic rings. The molecule has 0 aliphatic carbocycles. The van der Waals surface area contributed by atoms with Gasteiger partial charge in [0.1, 0.15) is 5.75 Å². The van der Waals surface area contributed by atoms with Crippen molar-refractivity contribution in [2.24, 2.45) is 0 Å². The van der Waals surface area contributed by atoms with Crippen molar-refractivity contribution in [2.75, 3.05) is 7.11 Å². The number of ether oxygens (including phenoxy) is 1. The summed E-state index contributed by atoms with van der Waals surface area (Å²) < 4.78 is 27.4. The predicted octanol–water partition coefficient (Wildman–Crippen LogP) is 2.53. The highest BCUT2D eigenvalue weighted by Gasteiger charge is 2.08. The van der Waals surface area contributed by atoms with Crippen LogP contribution in [0, 0.1) is 0 Å².